The van der Waals surface area contributed by atoms with Crippen LogP contribution >= 0.6 is 0 Å². The molecule has 0 aromatic heterocycles. The third kappa shape index (κ3) is 6.36. The quantitative estimate of drug-likeness (QED) is 0.481. The number of nitrogens with one attached hydrogen (secondary N) is 2. The number of aliphatic hydroxyl groups excluding tert-OH is 2. The summed E-state index contributed by atoms with van der Waals surface area (Å²) in [4.78, 5) is 11.1. The molecule has 0 unspecified atom stereocenters. The third-order valence-electron chi connectivity index (χ3n) is 1.26. The van der Waals surface area contributed by atoms with Crippen molar-refractivity contribution < 1.29 is 15.0 Å². The van der Waals surface area contributed by atoms with Crippen LogP contribution < -0.4 is 10.6 Å². The van der Waals surface area contributed by atoms with Crippen molar-refractivity contribution in [2.75, 3.05) is 13.2 Å². The van der Waals surface area contributed by atoms with Gasteiger partial charge in [0.05, 0.1) is 19.3 Å². The maximum Gasteiger partial charge on any atom is 0.315 e. The first-order chi connectivity index (χ1) is 5.89. The molecule has 13 heavy (non-hydrogen) atoms. The second-order valence-corrected chi connectivity index (χ2v) is 3.91. The molecule has 78 valence electrons. The lowest BCUT2D eigenvalue weighted by Gasteiger charge is -2.22. The first-order valence-electron chi connectivity index (χ1n) is 4.19. The molecule has 0 aromatic rings. The fourth-order valence-corrected chi connectivity index (χ4v) is 0.711. The third-order valence-corrected chi connectivity index (χ3v) is 1.26. The predicted molar refractivity (Wildman–Crippen MR) is 49.4 cm³/mol. The molecule has 4 N–H and O–H groups in total. The molecule has 0 saturated heterocycles. The van der Waals surface area contributed by atoms with Crippen LogP contribution in [-0.4, -0.2) is 41.0 Å². The molecule has 0 aliphatic carbocycles. The predicted octanol–water partition coefficient (Wildman–Crippen LogP) is -0.563. The van der Waals surface area contributed by atoms with Gasteiger partial charge in [-0.15, -0.1) is 0 Å². The van der Waals surface area contributed by atoms with E-state index < -0.39 is 6.04 Å². The zero-order valence-electron chi connectivity index (χ0n) is 8.29. The smallest absolute Gasteiger partial charge is 0.315 e. The molecule has 2 amide bonds. The highest BCUT2D eigenvalue weighted by molar-refractivity contribution is 5.74. The van der Waals surface area contributed by atoms with Gasteiger partial charge in [0.2, 0.25) is 0 Å². The van der Waals surface area contributed by atoms with Gasteiger partial charge in [0, 0.05) is 5.54 Å². The van der Waals surface area contributed by atoms with E-state index in [0.717, 1.165) is 0 Å². The summed E-state index contributed by atoms with van der Waals surface area (Å²) in [6.45, 7) is 5.00. The number of urea groups is 1. The Morgan fingerprint density at radius 1 is 1.31 bits per heavy atom. The zero-order chi connectivity index (χ0) is 10.5. The van der Waals surface area contributed by atoms with Crippen LogP contribution in [0.5, 0.6) is 0 Å². The van der Waals surface area contributed by atoms with E-state index in [1.165, 1.54) is 0 Å². The highest BCUT2D eigenvalue weighted by atomic mass is 16.3. The average molecular weight is 190 g/mol. The van der Waals surface area contributed by atoms with Crippen molar-refractivity contribution >= 4 is 6.03 Å². The molecule has 0 saturated carbocycles. The van der Waals surface area contributed by atoms with Crippen LogP contribution in [0.25, 0.3) is 0 Å². The summed E-state index contributed by atoms with van der Waals surface area (Å²) < 4.78 is 0. The first kappa shape index (κ1) is 12.2. The van der Waals surface area contributed by atoms with Gasteiger partial charge in [-0.2, -0.15) is 0 Å². The number of carbonyl (C=O) groups is 1. The first-order valence-corrected chi connectivity index (χ1v) is 4.19. The maximum atomic E-state index is 11.1. The fraction of sp³-hybridized carbons (Fsp3) is 0.875. The summed E-state index contributed by atoms with van der Waals surface area (Å²) in [5.41, 5.74) is -0.320. The Morgan fingerprint density at radius 3 is 2.08 bits per heavy atom. The molecular weight excluding hydrogens is 172 g/mol. The highest BCUT2D eigenvalue weighted by Crippen LogP contribution is 1.97. The van der Waals surface area contributed by atoms with E-state index in [2.05, 4.69) is 10.6 Å². The van der Waals surface area contributed by atoms with Gasteiger partial charge < -0.3 is 20.8 Å². The van der Waals surface area contributed by atoms with E-state index in [-0.39, 0.29) is 24.8 Å². The number of rotatable bonds is 3. The standard InChI is InChI=1S/C8H18N2O3/c1-8(2,3)10-7(13)9-6(4-11)5-12/h6,11-12H,4-5H2,1-3H3,(H2,9,10,13). The molecule has 0 heterocycles. The molecule has 5 heteroatoms. The van der Waals surface area contributed by atoms with Crippen LogP contribution in [-0.2, 0) is 0 Å². The minimum Gasteiger partial charge on any atom is -0.394 e. The van der Waals surface area contributed by atoms with Gasteiger partial charge in [0.25, 0.3) is 0 Å². The van der Waals surface area contributed by atoms with Crippen LogP contribution in [0, 0.1) is 0 Å². The Bertz CT molecular complexity index is 161. The van der Waals surface area contributed by atoms with Gasteiger partial charge in [-0.1, -0.05) is 0 Å². The van der Waals surface area contributed by atoms with E-state index in [9.17, 15) is 4.79 Å². The van der Waals surface area contributed by atoms with Crippen LogP contribution in [0.4, 0.5) is 4.79 Å². The number of amides is 2. The fourth-order valence-electron chi connectivity index (χ4n) is 0.711. The highest BCUT2D eigenvalue weighted by Gasteiger charge is 2.15. The van der Waals surface area contributed by atoms with E-state index in [0.29, 0.717) is 0 Å². The Kier molecular flexibility index (Phi) is 4.72. The SMILES string of the molecule is CC(C)(C)NC(=O)NC(CO)CO. The van der Waals surface area contributed by atoms with Gasteiger partial charge in [-0.3, -0.25) is 0 Å². The normalized spacial score (nSPS) is 11.5. The summed E-state index contributed by atoms with van der Waals surface area (Å²) in [5.74, 6) is 0. The lowest BCUT2D eigenvalue weighted by molar-refractivity contribution is 0.166. The molecule has 0 spiro atoms. The molecule has 0 fully saturated rings. The van der Waals surface area contributed by atoms with Crippen molar-refractivity contribution in [2.24, 2.45) is 0 Å². The van der Waals surface area contributed by atoms with Gasteiger partial charge in [-0.25, -0.2) is 4.79 Å². The van der Waals surface area contributed by atoms with E-state index in [1.807, 2.05) is 20.8 Å². The van der Waals surface area contributed by atoms with Crippen molar-refractivity contribution in [3.05, 3.63) is 0 Å². The second-order valence-electron chi connectivity index (χ2n) is 3.91. The molecule has 5 nitrogen and oxygen atoms in total. The van der Waals surface area contributed by atoms with Gasteiger partial charge in [0.15, 0.2) is 0 Å². The molecule has 0 aromatic carbocycles. The Hall–Kier alpha value is -0.810. The van der Waals surface area contributed by atoms with E-state index in [4.69, 9.17) is 10.2 Å². The molecule has 0 aliphatic heterocycles. The molecule has 0 bridgehead atoms. The minimum absolute atomic E-state index is 0.270. The molecule has 0 aliphatic rings. The van der Waals surface area contributed by atoms with Gasteiger partial charge >= 0.3 is 6.03 Å². The van der Waals surface area contributed by atoms with Crippen molar-refractivity contribution in [1.29, 1.82) is 0 Å². The summed E-state index contributed by atoms with van der Waals surface area (Å²) in [6, 6.07) is -0.983. The van der Waals surface area contributed by atoms with Crippen LogP contribution in [0.3, 0.4) is 0 Å². The monoisotopic (exact) mass is 190 g/mol. The van der Waals surface area contributed by atoms with Gasteiger partial charge in [-0.05, 0) is 20.8 Å². The van der Waals surface area contributed by atoms with Crippen molar-refractivity contribution in [1.82, 2.24) is 10.6 Å². The van der Waals surface area contributed by atoms with Crippen LogP contribution in [0.1, 0.15) is 20.8 Å². The Balaban J connectivity index is 3.86. The maximum absolute atomic E-state index is 11.1. The summed E-state index contributed by atoms with van der Waals surface area (Å²) in [6.07, 6.45) is 0. The van der Waals surface area contributed by atoms with Crippen molar-refractivity contribution in [3.63, 3.8) is 0 Å². The second kappa shape index (κ2) is 5.04. The Morgan fingerprint density at radius 2 is 1.77 bits per heavy atom. The van der Waals surface area contributed by atoms with Crippen LogP contribution in [0.2, 0.25) is 0 Å². The largest absolute Gasteiger partial charge is 0.394 e. The van der Waals surface area contributed by atoms with Crippen LogP contribution in [0.15, 0.2) is 0 Å². The molecule has 0 radical (unpaired) electrons. The summed E-state index contributed by atoms with van der Waals surface area (Å²) in [7, 11) is 0. The molecule has 0 rings (SSSR count). The molecular formula is C8H18N2O3. The Labute approximate surface area is 78.1 Å². The van der Waals surface area contributed by atoms with Crippen molar-refractivity contribution in [2.45, 2.75) is 32.4 Å². The minimum atomic E-state index is -0.595. The lowest BCUT2D eigenvalue weighted by Crippen LogP contribution is -2.51. The average Bonchev–Trinajstić information content (AvgIpc) is 1.96. The van der Waals surface area contributed by atoms with E-state index in [1.54, 1.807) is 0 Å². The number of hydrogen-bond donors (Lipinski definition) is 4. The number of carbonyl (C=O) groups excluding carboxylic acids is 1. The number of hydrogen-bond acceptors (Lipinski definition) is 3. The van der Waals surface area contributed by atoms with Crippen molar-refractivity contribution in [3.8, 4) is 0 Å². The van der Waals surface area contributed by atoms with Gasteiger partial charge in [0.1, 0.15) is 0 Å². The molecule has 0 atom stereocenters. The summed E-state index contributed by atoms with van der Waals surface area (Å²) in [5, 5.41) is 22.4. The lowest BCUT2D eigenvalue weighted by atomic mass is 10.1. The topological polar surface area (TPSA) is 81.6 Å². The van der Waals surface area contributed by atoms with E-state index >= 15 is 0 Å². The number of aliphatic hydroxyl groups is 2. The zero-order valence-corrected chi connectivity index (χ0v) is 8.29. The summed E-state index contributed by atoms with van der Waals surface area (Å²) >= 11 is 0.